The molecule has 0 saturated carbocycles. The van der Waals surface area contributed by atoms with Crippen molar-refractivity contribution in [3.8, 4) is 0 Å². The summed E-state index contributed by atoms with van der Waals surface area (Å²) in [6.07, 6.45) is 7.84. The standard InChI is InChI=1S/C25H32N4O.2C2H2O4/c30-24(18-29-15-13-28(14-16-29)17-19-7-2-1-3-8-19)27-25-20-9-4-5-11-22(20)26-23-12-6-10-21(23)25;2*3-1(4)2(5)6/h1-3,7-8H,4-6,9-18H2,(H,26,27,30);2*(H,3,4)(H,5,6). The molecule has 0 spiro atoms. The van der Waals surface area contributed by atoms with Crippen molar-refractivity contribution in [3.63, 3.8) is 0 Å². The van der Waals surface area contributed by atoms with Gasteiger partial charge in [0, 0.05) is 44.1 Å². The van der Waals surface area contributed by atoms with Gasteiger partial charge in [-0.15, -0.1) is 0 Å². The van der Waals surface area contributed by atoms with Crippen LogP contribution in [0.4, 0.5) is 5.69 Å². The van der Waals surface area contributed by atoms with Crippen LogP contribution in [-0.2, 0) is 56.2 Å². The average Bonchev–Trinajstić information content (AvgIpc) is 3.44. The summed E-state index contributed by atoms with van der Waals surface area (Å²) in [4.78, 5) is 59.1. The van der Waals surface area contributed by atoms with Crippen molar-refractivity contribution in [1.82, 2.24) is 14.8 Å². The number of nitrogens with zero attached hydrogens (tertiary/aromatic N) is 3. The molecule has 0 radical (unpaired) electrons. The average molecular weight is 585 g/mol. The van der Waals surface area contributed by atoms with E-state index in [1.54, 1.807) is 0 Å². The maximum Gasteiger partial charge on any atom is 0.414 e. The number of amides is 1. The molecule has 3 aliphatic rings. The fourth-order valence-corrected chi connectivity index (χ4v) is 5.23. The Bertz CT molecular complexity index is 1240. The fourth-order valence-electron chi connectivity index (χ4n) is 5.23. The van der Waals surface area contributed by atoms with Crippen LogP contribution in [-0.4, -0.2) is 97.7 Å². The lowest BCUT2D eigenvalue weighted by Gasteiger charge is -2.34. The zero-order valence-corrected chi connectivity index (χ0v) is 23.3. The molecule has 5 N–H and O–H groups in total. The second-order valence-corrected chi connectivity index (χ2v) is 10.2. The third kappa shape index (κ3) is 9.63. The number of aromatic nitrogens is 1. The molecule has 0 unspecified atom stereocenters. The number of nitrogens with one attached hydrogen (secondary N) is 1. The van der Waals surface area contributed by atoms with Crippen molar-refractivity contribution in [2.24, 2.45) is 0 Å². The van der Waals surface area contributed by atoms with E-state index in [0.717, 1.165) is 70.5 Å². The van der Waals surface area contributed by atoms with Gasteiger partial charge in [-0.2, -0.15) is 0 Å². The number of aliphatic carboxylic acids is 4. The number of carboxylic acids is 4. The largest absolute Gasteiger partial charge is 0.473 e. The number of benzene rings is 1. The third-order valence-corrected chi connectivity index (χ3v) is 7.21. The van der Waals surface area contributed by atoms with Crippen LogP contribution in [0.5, 0.6) is 0 Å². The van der Waals surface area contributed by atoms with Crippen molar-refractivity contribution in [3.05, 3.63) is 58.4 Å². The normalized spacial score (nSPS) is 15.9. The highest BCUT2D eigenvalue weighted by molar-refractivity contribution is 6.27. The molecule has 13 nitrogen and oxygen atoms in total. The first kappa shape index (κ1) is 32.2. The molecule has 1 aromatic heterocycles. The van der Waals surface area contributed by atoms with Gasteiger partial charge in [0.05, 0.1) is 12.2 Å². The van der Waals surface area contributed by atoms with E-state index < -0.39 is 23.9 Å². The molecular weight excluding hydrogens is 548 g/mol. The van der Waals surface area contributed by atoms with Gasteiger partial charge in [-0.25, -0.2) is 19.2 Å². The van der Waals surface area contributed by atoms with Gasteiger partial charge in [0.15, 0.2) is 0 Å². The Labute approximate surface area is 242 Å². The number of carbonyl (C=O) groups is 5. The molecule has 0 atom stereocenters. The number of anilines is 1. The van der Waals surface area contributed by atoms with Crippen molar-refractivity contribution in [2.45, 2.75) is 51.5 Å². The Morgan fingerprint density at radius 1 is 0.667 bits per heavy atom. The lowest BCUT2D eigenvalue weighted by atomic mass is 9.92. The number of rotatable bonds is 5. The maximum atomic E-state index is 13.0. The monoisotopic (exact) mass is 584 g/mol. The van der Waals surface area contributed by atoms with Crippen LogP contribution < -0.4 is 5.32 Å². The van der Waals surface area contributed by atoms with Gasteiger partial charge in [-0.05, 0) is 61.6 Å². The predicted octanol–water partition coefficient (Wildman–Crippen LogP) is 1.52. The molecule has 0 bridgehead atoms. The smallest absolute Gasteiger partial charge is 0.414 e. The fraction of sp³-hybridized carbons (Fsp3) is 0.448. The highest BCUT2D eigenvalue weighted by atomic mass is 16.4. The molecular formula is C29H36N4O9. The summed E-state index contributed by atoms with van der Waals surface area (Å²) < 4.78 is 0. The van der Waals surface area contributed by atoms with E-state index >= 15 is 0 Å². The molecule has 1 fully saturated rings. The van der Waals surface area contributed by atoms with E-state index in [2.05, 4.69) is 45.4 Å². The molecule has 13 heteroatoms. The number of pyridine rings is 1. The Morgan fingerprint density at radius 2 is 1.14 bits per heavy atom. The number of carbonyl (C=O) groups excluding carboxylic acids is 1. The highest BCUT2D eigenvalue weighted by Crippen LogP contribution is 2.35. The SMILES string of the molecule is O=C(CN1CCN(Cc2ccccc2)CC1)Nc1c2c(nc3c1CCC3)CCCC2.O=C(O)C(=O)O.O=C(O)C(=O)O. The molecule has 1 amide bonds. The van der Waals surface area contributed by atoms with Gasteiger partial charge in [-0.3, -0.25) is 19.6 Å². The number of fused-ring (bicyclic) bond motifs is 2. The Balaban J connectivity index is 0.000000342. The summed E-state index contributed by atoms with van der Waals surface area (Å²) in [5, 5.41) is 32.9. The minimum absolute atomic E-state index is 0.139. The first-order valence-electron chi connectivity index (χ1n) is 13.8. The van der Waals surface area contributed by atoms with Gasteiger partial charge >= 0.3 is 23.9 Å². The molecule has 2 heterocycles. The van der Waals surface area contributed by atoms with Gasteiger partial charge in [0.2, 0.25) is 5.91 Å². The number of hydrogen-bond acceptors (Lipinski definition) is 8. The molecule has 1 saturated heterocycles. The van der Waals surface area contributed by atoms with E-state index in [9.17, 15) is 4.79 Å². The summed E-state index contributed by atoms with van der Waals surface area (Å²) in [5.41, 5.74) is 7.60. The Kier molecular flexibility index (Phi) is 11.9. The zero-order valence-electron chi connectivity index (χ0n) is 23.3. The summed E-state index contributed by atoms with van der Waals surface area (Å²) >= 11 is 0. The van der Waals surface area contributed by atoms with Crippen LogP contribution in [0.3, 0.4) is 0 Å². The molecule has 226 valence electrons. The van der Waals surface area contributed by atoms with Crippen LogP contribution in [0.1, 0.15) is 47.3 Å². The minimum atomic E-state index is -1.82. The number of aryl methyl sites for hydroxylation is 2. The van der Waals surface area contributed by atoms with Crippen LogP contribution >= 0.6 is 0 Å². The quantitative estimate of drug-likeness (QED) is 0.318. The van der Waals surface area contributed by atoms with Crippen molar-refractivity contribution < 1.29 is 44.4 Å². The van der Waals surface area contributed by atoms with Crippen LogP contribution in [0, 0.1) is 0 Å². The molecule has 2 aliphatic carbocycles. The molecule has 42 heavy (non-hydrogen) atoms. The predicted molar refractivity (Wildman–Crippen MR) is 150 cm³/mol. The van der Waals surface area contributed by atoms with Gasteiger partial charge in [0.1, 0.15) is 0 Å². The van der Waals surface area contributed by atoms with E-state index in [-0.39, 0.29) is 5.91 Å². The zero-order chi connectivity index (χ0) is 30.6. The van der Waals surface area contributed by atoms with Gasteiger partial charge in [-0.1, -0.05) is 30.3 Å². The first-order valence-corrected chi connectivity index (χ1v) is 13.8. The molecule has 1 aromatic carbocycles. The number of hydrogen-bond donors (Lipinski definition) is 5. The topological polar surface area (TPSA) is 198 Å². The number of carboxylic acid groups (broad SMARTS) is 4. The van der Waals surface area contributed by atoms with Gasteiger partial charge < -0.3 is 25.7 Å². The van der Waals surface area contributed by atoms with E-state index in [0.29, 0.717) is 6.54 Å². The molecule has 1 aliphatic heterocycles. The third-order valence-electron chi connectivity index (χ3n) is 7.21. The summed E-state index contributed by atoms with van der Waals surface area (Å²) in [7, 11) is 0. The molecule has 2 aromatic rings. The summed E-state index contributed by atoms with van der Waals surface area (Å²) in [6.45, 7) is 5.42. The van der Waals surface area contributed by atoms with Crippen LogP contribution in [0.2, 0.25) is 0 Å². The van der Waals surface area contributed by atoms with Gasteiger partial charge in [0.25, 0.3) is 0 Å². The lowest BCUT2D eigenvalue weighted by Crippen LogP contribution is -2.48. The van der Waals surface area contributed by atoms with E-state index in [1.807, 2.05) is 0 Å². The Morgan fingerprint density at radius 3 is 1.69 bits per heavy atom. The van der Waals surface area contributed by atoms with E-state index in [1.165, 1.54) is 40.9 Å². The second kappa shape index (κ2) is 15.6. The van der Waals surface area contributed by atoms with E-state index in [4.69, 9.17) is 44.6 Å². The van der Waals surface area contributed by atoms with Crippen molar-refractivity contribution >= 4 is 35.5 Å². The second-order valence-electron chi connectivity index (χ2n) is 10.2. The van der Waals surface area contributed by atoms with Crippen LogP contribution in [0.15, 0.2) is 30.3 Å². The van der Waals surface area contributed by atoms with Crippen molar-refractivity contribution in [2.75, 3.05) is 38.0 Å². The minimum Gasteiger partial charge on any atom is -0.473 e. The molecule has 5 rings (SSSR count). The lowest BCUT2D eigenvalue weighted by molar-refractivity contribution is -0.159. The number of piperazine rings is 1. The van der Waals surface area contributed by atoms with Crippen LogP contribution in [0.25, 0.3) is 0 Å². The first-order chi connectivity index (χ1) is 20.0. The summed E-state index contributed by atoms with van der Waals surface area (Å²) in [5.74, 6) is -7.16. The highest BCUT2D eigenvalue weighted by Gasteiger charge is 2.26. The Hall–Kier alpha value is -4.36. The maximum absolute atomic E-state index is 13.0. The summed E-state index contributed by atoms with van der Waals surface area (Å²) in [6, 6.07) is 10.6. The van der Waals surface area contributed by atoms with Crippen molar-refractivity contribution in [1.29, 1.82) is 0 Å².